The summed E-state index contributed by atoms with van der Waals surface area (Å²) in [7, 11) is -3.36. The Bertz CT molecular complexity index is 686. The summed E-state index contributed by atoms with van der Waals surface area (Å²) in [5.74, 6) is 0.141. The highest BCUT2D eigenvalue weighted by Gasteiger charge is 2.30. The van der Waals surface area contributed by atoms with Crippen LogP contribution >= 0.6 is 24.0 Å². The van der Waals surface area contributed by atoms with Gasteiger partial charge in [0.2, 0.25) is 10.0 Å². The van der Waals surface area contributed by atoms with E-state index in [4.69, 9.17) is 10.5 Å². The van der Waals surface area contributed by atoms with Crippen LogP contribution in [0.15, 0.2) is 29.3 Å². The van der Waals surface area contributed by atoms with E-state index in [-0.39, 0.29) is 54.4 Å². The molecule has 1 heterocycles. The van der Waals surface area contributed by atoms with Crippen LogP contribution in [0.1, 0.15) is 19.4 Å². The number of hydrogen-bond donors (Lipinski definition) is 2. The third-order valence-corrected chi connectivity index (χ3v) is 5.48. The molecule has 7 nitrogen and oxygen atoms in total. The summed E-state index contributed by atoms with van der Waals surface area (Å²) in [5.41, 5.74) is 7.75. The number of nitrogens with one attached hydrogen (secondary N) is 1. The quantitative estimate of drug-likeness (QED) is 0.379. The molecule has 0 radical (unpaired) electrons. The van der Waals surface area contributed by atoms with Crippen molar-refractivity contribution < 1.29 is 13.2 Å². The average molecular weight is 482 g/mol. The lowest BCUT2D eigenvalue weighted by molar-refractivity contribution is -0.0440. The predicted octanol–water partition coefficient (Wildman–Crippen LogP) is 1.78. The first kappa shape index (κ1) is 22.1. The maximum absolute atomic E-state index is 12.4. The highest BCUT2D eigenvalue weighted by molar-refractivity contribution is 14.0. The van der Waals surface area contributed by atoms with E-state index in [0.29, 0.717) is 13.1 Å². The van der Waals surface area contributed by atoms with E-state index < -0.39 is 10.0 Å². The van der Waals surface area contributed by atoms with Crippen LogP contribution in [0.4, 0.5) is 5.69 Å². The number of hydrogen-bond acceptors (Lipinski definition) is 4. The summed E-state index contributed by atoms with van der Waals surface area (Å²) in [6.07, 6.45) is -0.194. The summed E-state index contributed by atoms with van der Waals surface area (Å²) >= 11 is 0. The number of aryl methyl sites for hydroxylation is 1. The van der Waals surface area contributed by atoms with Gasteiger partial charge in [0.25, 0.3) is 0 Å². The first-order valence-electron chi connectivity index (χ1n) is 8.03. The van der Waals surface area contributed by atoms with Crippen LogP contribution < -0.4 is 11.1 Å². The summed E-state index contributed by atoms with van der Waals surface area (Å²) < 4.78 is 31.8. The van der Waals surface area contributed by atoms with E-state index in [1.807, 2.05) is 45.0 Å². The van der Waals surface area contributed by atoms with Crippen LogP contribution in [0, 0.1) is 6.92 Å². The molecule has 0 saturated carbocycles. The highest BCUT2D eigenvalue weighted by Crippen LogP contribution is 2.15. The van der Waals surface area contributed by atoms with Crippen molar-refractivity contribution in [3.63, 3.8) is 0 Å². The zero-order chi connectivity index (χ0) is 17.7. The number of rotatable bonds is 5. The minimum atomic E-state index is -3.36. The van der Waals surface area contributed by atoms with Crippen molar-refractivity contribution in [2.24, 2.45) is 10.7 Å². The third-order valence-electron chi connectivity index (χ3n) is 3.70. The fourth-order valence-electron chi connectivity index (χ4n) is 2.68. The summed E-state index contributed by atoms with van der Waals surface area (Å²) in [4.78, 5) is 4.11. The number of nitrogens with zero attached hydrogens (tertiary/aromatic N) is 2. The number of halogens is 1. The van der Waals surface area contributed by atoms with Gasteiger partial charge in [-0.05, 0) is 38.5 Å². The molecule has 1 fully saturated rings. The largest absolute Gasteiger partial charge is 0.373 e. The van der Waals surface area contributed by atoms with E-state index in [1.54, 1.807) is 0 Å². The van der Waals surface area contributed by atoms with Gasteiger partial charge in [0, 0.05) is 18.8 Å². The number of morpholine rings is 1. The Morgan fingerprint density at radius 2 is 2.00 bits per heavy atom. The Labute approximate surface area is 167 Å². The van der Waals surface area contributed by atoms with Crippen molar-refractivity contribution in [3.05, 3.63) is 29.8 Å². The van der Waals surface area contributed by atoms with Gasteiger partial charge in [0.1, 0.15) is 0 Å². The minimum absolute atomic E-state index is 0. The minimum Gasteiger partial charge on any atom is -0.373 e. The Morgan fingerprint density at radius 3 is 2.60 bits per heavy atom. The van der Waals surface area contributed by atoms with E-state index >= 15 is 0 Å². The monoisotopic (exact) mass is 482 g/mol. The second-order valence-corrected chi connectivity index (χ2v) is 8.24. The van der Waals surface area contributed by atoms with E-state index in [9.17, 15) is 8.42 Å². The van der Waals surface area contributed by atoms with Crippen LogP contribution in [-0.2, 0) is 14.8 Å². The second kappa shape index (κ2) is 9.70. The first-order chi connectivity index (χ1) is 11.3. The van der Waals surface area contributed by atoms with Gasteiger partial charge in [0.05, 0.1) is 24.5 Å². The van der Waals surface area contributed by atoms with Gasteiger partial charge in [-0.1, -0.05) is 12.1 Å². The van der Waals surface area contributed by atoms with Crippen LogP contribution in [0.25, 0.3) is 0 Å². The van der Waals surface area contributed by atoms with Crippen molar-refractivity contribution in [1.29, 1.82) is 0 Å². The molecule has 142 valence electrons. The van der Waals surface area contributed by atoms with Gasteiger partial charge in [-0.15, -0.1) is 24.0 Å². The molecule has 3 N–H and O–H groups in total. The van der Waals surface area contributed by atoms with Crippen LogP contribution in [0.3, 0.4) is 0 Å². The molecule has 0 aromatic heterocycles. The molecular formula is C16H27IN4O3S. The van der Waals surface area contributed by atoms with Crippen LogP contribution in [0.5, 0.6) is 0 Å². The van der Waals surface area contributed by atoms with Crippen molar-refractivity contribution in [2.45, 2.75) is 33.0 Å². The molecule has 1 aromatic carbocycles. The van der Waals surface area contributed by atoms with Gasteiger partial charge < -0.3 is 15.8 Å². The van der Waals surface area contributed by atoms with Crippen molar-refractivity contribution in [1.82, 2.24) is 4.31 Å². The lowest BCUT2D eigenvalue weighted by atomic mass is 10.2. The number of sulfonamides is 1. The number of anilines is 1. The van der Waals surface area contributed by atoms with Gasteiger partial charge >= 0.3 is 0 Å². The van der Waals surface area contributed by atoms with E-state index in [2.05, 4.69) is 10.3 Å². The molecule has 1 aliphatic heterocycles. The standard InChI is InChI=1S/C16H26N4O3S.HI/c1-12-5-4-6-15(9-12)19-16(17)18-7-8-24(21,22)20-10-13(2)23-14(3)11-20;/h4-6,9,13-14H,7-8,10-11H2,1-3H3,(H3,17,18,19);1H. The van der Waals surface area contributed by atoms with Crippen molar-refractivity contribution >= 4 is 45.6 Å². The first-order valence-corrected chi connectivity index (χ1v) is 9.64. The molecular weight excluding hydrogens is 455 g/mol. The Kier molecular flexibility index (Phi) is 8.58. The van der Waals surface area contributed by atoms with Gasteiger partial charge in [-0.2, -0.15) is 4.31 Å². The fraction of sp³-hybridized carbons (Fsp3) is 0.562. The zero-order valence-corrected chi connectivity index (χ0v) is 18.0. The molecule has 0 aliphatic carbocycles. The predicted molar refractivity (Wildman–Crippen MR) is 112 cm³/mol. The average Bonchev–Trinajstić information content (AvgIpc) is 2.46. The number of guanidine groups is 1. The van der Waals surface area contributed by atoms with E-state index in [0.717, 1.165) is 11.3 Å². The van der Waals surface area contributed by atoms with Crippen molar-refractivity contribution in [2.75, 3.05) is 30.7 Å². The van der Waals surface area contributed by atoms with Crippen LogP contribution in [0.2, 0.25) is 0 Å². The Hall–Kier alpha value is -0.910. The Balaban J connectivity index is 0.00000312. The molecule has 1 aliphatic rings. The lowest BCUT2D eigenvalue weighted by Crippen LogP contribution is -2.49. The molecule has 2 unspecified atom stereocenters. The Morgan fingerprint density at radius 1 is 1.36 bits per heavy atom. The highest BCUT2D eigenvalue weighted by atomic mass is 127. The van der Waals surface area contributed by atoms with Gasteiger partial charge in [-0.3, -0.25) is 4.99 Å². The number of ether oxygens (including phenoxy) is 1. The smallest absolute Gasteiger partial charge is 0.216 e. The SMILES string of the molecule is Cc1cccc(NC(N)=NCCS(=O)(=O)N2CC(C)OC(C)C2)c1.I. The third kappa shape index (κ3) is 7.08. The summed E-state index contributed by atoms with van der Waals surface area (Å²) in [5, 5.41) is 2.96. The molecule has 2 atom stereocenters. The normalized spacial score (nSPS) is 22.3. The van der Waals surface area contributed by atoms with Crippen LogP contribution in [-0.4, -0.2) is 56.3 Å². The van der Waals surface area contributed by atoms with E-state index in [1.165, 1.54) is 4.31 Å². The molecule has 9 heteroatoms. The molecule has 0 bridgehead atoms. The topological polar surface area (TPSA) is 97.0 Å². The number of benzene rings is 1. The maximum Gasteiger partial charge on any atom is 0.216 e. The number of aliphatic imine (C=N–C) groups is 1. The van der Waals surface area contributed by atoms with Gasteiger partial charge in [-0.25, -0.2) is 8.42 Å². The molecule has 1 saturated heterocycles. The summed E-state index contributed by atoms with van der Waals surface area (Å²) in [6.45, 7) is 6.61. The maximum atomic E-state index is 12.4. The second-order valence-electron chi connectivity index (χ2n) is 6.15. The van der Waals surface area contributed by atoms with Crippen molar-refractivity contribution in [3.8, 4) is 0 Å². The lowest BCUT2D eigenvalue weighted by Gasteiger charge is -2.34. The molecule has 1 aromatic rings. The summed E-state index contributed by atoms with van der Waals surface area (Å²) in [6, 6.07) is 7.71. The molecule has 0 amide bonds. The molecule has 2 rings (SSSR count). The molecule has 0 spiro atoms. The fourth-order valence-corrected chi connectivity index (χ4v) is 4.13. The zero-order valence-electron chi connectivity index (χ0n) is 14.8. The number of nitrogens with two attached hydrogens (primary N) is 1. The molecule has 25 heavy (non-hydrogen) atoms. The van der Waals surface area contributed by atoms with Gasteiger partial charge in [0.15, 0.2) is 5.96 Å².